The first-order valence-electron chi connectivity index (χ1n) is 6.53. The van der Waals surface area contributed by atoms with Crippen LogP contribution < -0.4 is 0 Å². The molecule has 2 rings (SSSR count). The Bertz CT molecular complexity index is 565. The SMILES string of the molecule is CC(C)c1cnc(-c2[c-]cc(F)cc2)c(C(C)C)n1.[Ir]. The van der Waals surface area contributed by atoms with Crippen LogP contribution in [0.3, 0.4) is 0 Å². The number of hydrogen-bond donors (Lipinski definition) is 0. The fourth-order valence-corrected chi connectivity index (χ4v) is 1.86. The summed E-state index contributed by atoms with van der Waals surface area (Å²) in [6.07, 6.45) is 1.79. The van der Waals surface area contributed by atoms with E-state index in [1.165, 1.54) is 12.1 Å². The molecular weight excluding hydrogens is 431 g/mol. The van der Waals surface area contributed by atoms with Gasteiger partial charge >= 0.3 is 0 Å². The largest absolute Gasteiger partial charge is 0.301 e. The van der Waals surface area contributed by atoms with Gasteiger partial charge in [-0.3, -0.25) is 9.37 Å². The summed E-state index contributed by atoms with van der Waals surface area (Å²) in [6.45, 7) is 8.36. The van der Waals surface area contributed by atoms with E-state index in [1.807, 2.05) is 0 Å². The molecule has 1 aromatic carbocycles. The van der Waals surface area contributed by atoms with Crippen molar-refractivity contribution in [2.75, 3.05) is 0 Å². The molecule has 4 heteroatoms. The maximum atomic E-state index is 13.0. The monoisotopic (exact) mass is 450 g/mol. The van der Waals surface area contributed by atoms with Gasteiger partial charge in [-0.25, -0.2) is 0 Å². The van der Waals surface area contributed by atoms with Crippen molar-refractivity contribution in [3.8, 4) is 11.3 Å². The van der Waals surface area contributed by atoms with E-state index in [9.17, 15) is 4.39 Å². The summed E-state index contributed by atoms with van der Waals surface area (Å²) in [6, 6.07) is 7.37. The molecule has 0 spiro atoms. The van der Waals surface area contributed by atoms with E-state index in [4.69, 9.17) is 4.98 Å². The third kappa shape index (κ3) is 3.71. The summed E-state index contributed by atoms with van der Waals surface area (Å²) in [4.78, 5) is 9.20. The van der Waals surface area contributed by atoms with Gasteiger partial charge in [-0.1, -0.05) is 27.7 Å². The Labute approximate surface area is 133 Å². The summed E-state index contributed by atoms with van der Waals surface area (Å²) in [7, 11) is 0. The molecule has 0 fully saturated rings. The first-order chi connectivity index (χ1) is 8.99. The molecule has 0 saturated heterocycles. The van der Waals surface area contributed by atoms with Crippen LogP contribution in [0.1, 0.15) is 50.9 Å². The maximum Gasteiger partial charge on any atom is 0.0596 e. The second kappa shape index (κ2) is 7.05. The van der Waals surface area contributed by atoms with Crippen LogP contribution in [0.5, 0.6) is 0 Å². The van der Waals surface area contributed by atoms with Crippen molar-refractivity contribution in [3.05, 3.63) is 47.7 Å². The normalized spacial score (nSPS) is 10.8. The Balaban J connectivity index is 0.00000200. The van der Waals surface area contributed by atoms with Crippen LogP contribution in [0.15, 0.2) is 24.4 Å². The zero-order valence-corrected chi connectivity index (χ0v) is 14.5. The molecule has 1 heterocycles. The van der Waals surface area contributed by atoms with Gasteiger partial charge < -0.3 is 4.98 Å². The van der Waals surface area contributed by atoms with Crippen LogP contribution in [0, 0.1) is 11.9 Å². The van der Waals surface area contributed by atoms with Gasteiger partial charge in [-0.15, -0.1) is 29.8 Å². The van der Waals surface area contributed by atoms with E-state index in [1.54, 1.807) is 12.3 Å². The zero-order valence-electron chi connectivity index (χ0n) is 12.1. The number of benzene rings is 1. The summed E-state index contributed by atoms with van der Waals surface area (Å²) < 4.78 is 13.0. The molecule has 20 heavy (non-hydrogen) atoms. The quantitative estimate of drug-likeness (QED) is 0.652. The molecule has 0 amide bonds. The molecule has 0 aliphatic rings. The summed E-state index contributed by atoms with van der Waals surface area (Å²) >= 11 is 0. The van der Waals surface area contributed by atoms with Crippen LogP contribution in [0.2, 0.25) is 0 Å². The summed E-state index contributed by atoms with van der Waals surface area (Å²) in [5.41, 5.74) is 3.50. The van der Waals surface area contributed by atoms with Crippen LogP contribution in [0.25, 0.3) is 11.3 Å². The molecule has 1 aromatic heterocycles. The first kappa shape index (κ1) is 16.9. The Morgan fingerprint density at radius 1 is 1.10 bits per heavy atom. The first-order valence-corrected chi connectivity index (χ1v) is 6.53. The van der Waals surface area contributed by atoms with Crippen molar-refractivity contribution >= 4 is 0 Å². The number of aromatic nitrogens is 2. The Hall–Kier alpha value is -1.12. The Morgan fingerprint density at radius 2 is 1.80 bits per heavy atom. The van der Waals surface area contributed by atoms with Crippen LogP contribution in [0.4, 0.5) is 4.39 Å². The molecule has 0 unspecified atom stereocenters. The molecule has 0 bridgehead atoms. The van der Waals surface area contributed by atoms with Gasteiger partial charge in [0.15, 0.2) is 0 Å². The molecule has 0 saturated carbocycles. The molecule has 109 valence electrons. The average molecular weight is 450 g/mol. The van der Waals surface area contributed by atoms with Gasteiger partial charge in [0.05, 0.1) is 5.69 Å². The standard InChI is InChI=1S/C16H18FN2.Ir/c1-10(2)14-9-18-16(15(19-14)11(3)4)12-5-7-13(17)8-6-12;/h5,7-11H,1-4H3;/q-1;. The third-order valence-corrected chi connectivity index (χ3v) is 2.99. The molecule has 1 radical (unpaired) electrons. The van der Waals surface area contributed by atoms with Gasteiger partial charge in [0.2, 0.25) is 0 Å². The zero-order chi connectivity index (χ0) is 14.0. The molecule has 0 atom stereocenters. The molecule has 0 aliphatic carbocycles. The van der Waals surface area contributed by atoms with Gasteiger partial charge in [-0.2, -0.15) is 0 Å². The predicted octanol–water partition coefficient (Wildman–Crippen LogP) is 4.33. The molecule has 2 aromatic rings. The third-order valence-electron chi connectivity index (χ3n) is 2.99. The average Bonchev–Trinajstić information content (AvgIpc) is 2.38. The van der Waals surface area contributed by atoms with Gasteiger partial charge in [-0.05, 0) is 11.8 Å². The molecule has 0 aliphatic heterocycles. The predicted molar refractivity (Wildman–Crippen MR) is 74.4 cm³/mol. The van der Waals surface area contributed by atoms with Crippen molar-refractivity contribution in [3.63, 3.8) is 0 Å². The van der Waals surface area contributed by atoms with E-state index in [-0.39, 0.29) is 31.8 Å². The smallest absolute Gasteiger partial charge is 0.0596 e. The van der Waals surface area contributed by atoms with Crippen molar-refractivity contribution in [2.24, 2.45) is 0 Å². The van der Waals surface area contributed by atoms with E-state index < -0.39 is 0 Å². The second-order valence-corrected chi connectivity index (χ2v) is 5.26. The molecule has 0 N–H and O–H groups in total. The number of halogens is 1. The van der Waals surface area contributed by atoms with Gasteiger partial charge in [0, 0.05) is 43.5 Å². The van der Waals surface area contributed by atoms with Crippen molar-refractivity contribution in [2.45, 2.75) is 39.5 Å². The maximum absolute atomic E-state index is 13.0. The van der Waals surface area contributed by atoms with Crippen LogP contribution in [-0.2, 0) is 20.1 Å². The van der Waals surface area contributed by atoms with E-state index >= 15 is 0 Å². The fraction of sp³-hybridized carbons (Fsp3) is 0.375. The van der Waals surface area contributed by atoms with E-state index in [0.717, 1.165) is 22.6 Å². The van der Waals surface area contributed by atoms with Gasteiger partial charge in [0.25, 0.3) is 0 Å². The Kier molecular flexibility index (Phi) is 5.97. The number of rotatable bonds is 3. The van der Waals surface area contributed by atoms with Crippen molar-refractivity contribution in [1.29, 1.82) is 0 Å². The number of nitrogens with zero attached hydrogens (tertiary/aromatic N) is 2. The molecule has 2 nitrogen and oxygen atoms in total. The summed E-state index contributed by atoms with van der Waals surface area (Å²) in [5.74, 6) is 0.317. The number of hydrogen-bond acceptors (Lipinski definition) is 2. The minimum Gasteiger partial charge on any atom is -0.301 e. The fourth-order valence-electron chi connectivity index (χ4n) is 1.86. The van der Waals surface area contributed by atoms with Crippen molar-refractivity contribution in [1.82, 2.24) is 9.97 Å². The second-order valence-electron chi connectivity index (χ2n) is 5.26. The summed E-state index contributed by atoms with van der Waals surface area (Å²) in [5, 5.41) is 0. The van der Waals surface area contributed by atoms with Crippen molar-refractivity contribution < 1.29 is 24.5 Å². The minimum atomic E-state index is -0.290. The minimum absolute atomic E-state index is 0. The van der Waals surface area contributed by atoms with E-state index in [2.05, 4.69) is 38.7 Å². The topological polar surface area (TPSA) is 25.8 Å². The van der Waals surface area contributed by atoms with Gasteiger partial charge in [0.1, 0.15) is 0 Å². The van der Waals surface area contributed by atoms with E-state index in [0.29, 0.717) is 5.92 Å². The van der Waals surface area contributed by atoms with Crippen LogP contribution >= 0.6 is 0 Å². The molecular formula is C16H18FIrN2-. The Morgan fingerprint density at radius 3 is 2.30 bits per heavy atom. The van der Waals surface area contributed by atoms with Crippen LogP contribution in [-0.4, -0.2) is 9.97 Å².